The number of nitrogens with two attached hydrogens (primary N) is 1. The molecule has 0 aromatic heterocycles. The van der Waals surface area contributed by atoms with Gasteiger partial charge >= 0.3 is 0 Å². The average molecular weight is 241 g/mol. The highest BCUT2D eigenvalue weighted by atomic mass is 16.3. The number of hydrogen-bond donors (Lipinski definition) is 2. The second-order valence-electron chi connectivity index (χ2n) is 4.45. The van der Waals surface area contributed by atoms with E-state index in [-0.39, 0.29) is 5.75 Å². The highest BCUT2D eigenvalue weighted by molar-refractivity contribution is 5.94. The fraction of sp³-hybridized carbons (Fsp3) is 0.133. The van der Waals surface area contributed by atoms with Gasteiger partial charge in [-0.25, -0.2) is 0 Å². The van der Waals surface area contributed by atoms with Crippen LogP contribution in [-0.2, 0) is 0 Å². The fourth-order valence-electron chi connectivity index (χ4n) is 1.96. The van der Waals surface area contributed by atoms with Crippen molar-refractivity contribution in [3.05, 3.63) is 53.1 Å². The zero-order valence-electron chi connectivity index (χ0n) is 10.4. The molecule has 0 saturated heterocycles. The van der Waals surface area contributed by atoms with E-state index in [0.29, 0.717) is 5.56 Å². The van der Waals surface area contributed by atoms with Gasteiger partial charge in [0.2, 0.25) is 5.91 Å². The quantitative estimate of drug-likeness (QED) is 0.849. The van der Waals surface area contributed by atoms with Crippen LogP contribution >= 0.6 is 0 Å². The van der Waals surface area contributed by atoms with Crippen molar-refractivity contribution in [1.82, 2.24) is 0 Å². The van der Waals surface area contributed by atoms with Crippen LogP contribution in [0.15, 0.2) is 36.4 Å². The van der Waals surface area contributed by atoms with Crippen molar-refractivity contribution < 1.29 is 9.90 Å². The lowest BCUT2D eigenvalue weighted by atomic mass is 9.96. The molecule has 0 radical (unpaired) electrons. The number of amides is 1. The number of aryl methyl sites for hydroxylation is 2. The minimum absolute atomic E-state index is 0.0437. The summed E-state index contributed by atoms with van der Waals surface area (Å²) < 4.78 is 0. The number of rotatable bonds is 2. The van der Waals surface area contributed by atoms with E-state index in [1.54, 1.807) is 12.1 Å². The summed E-state index contributed by atoms with van der Waals surface area (Å²) in [4.78, 5) is 11.2. The molecule has 0 bridgehead atoms. The second-order valence-corrected chi connectivity index (χ2v) is 4.45. The van der Waals surface area contributed by atoms with Gasteiger partial charge in [0.15, 0.2) is 0 Å². The molecule has 0 atom stereocenters. The molecule has 18 heavy (non-hydrogen) atoms. The van der Waals surface area contributed by atoms with Gasteiger partial charge in [-0.05, 0) is 48.7 Å². The summed E-state index contributed by atoms with van der Waals surface area (Å²) in [6.07, 6.45) is 0. The van der Waals surface area contributed by atoms with Gasteiger partial charge in [0.25, 0.3) is 0 Å². The first-order valence-corrected chi connectivity index (χ1v) is 5.69. The molecule has 3 N–H and O–H groups in total. The summed E-state index contributed by atoms with van der Waals surface area (Å²) in [6, 6.07) is 10.8. The van der Waals surface area contributed by atoms with Crippen LogP contribution < -0.4 is 5.73 Å². The predicted molar refractivity (Wildman–Crippen MR) is 71.5 cm³/mol. The number of phenolic OH excluding ortho intramolecular Hbond substituents is 1. The van der Waals surface area contributed by atoms with E-state index in [4.69, 9.17) is 5.73 Å². The first-order chi connectivity index (χ1) is 8.47. The molecule has 2 aromatic rings. The Morgan fingerprint density at radius 1 is 1.11 bits per heavy atom. The van der Waals surface area contributed by atoms with Gasteiger partial charge in [-0.1, -0.05) is 23.8 Å². The molecule has 92 valence electrons. The van der Waals surface area contributed by atoms with Crippen molar-refractivity contribution in [3.63, 3.8) is 0 Å². The topological polar surface area (TPSA) is 63.3 Å². The minimum atomic E-state index is -0.544. The SMILES string of the molecule is Cc1ccc(C)c(-c2cc(O)cc(C(N)=O)c2)c1. The number of benzene rings is 2. The van der Waals surface area contributed by atoms with Gasteiger partial charge in [0.05, 0.1) is 0 Å². The van der Waals surface area contributed by atoms with Crippen LogP contribution in [0.25, 0.3) is 11.1 Å². The number of hydrogen-bond acceptors (Lipinski definition) is 2. The molecule has 0 spiro atoms. The van der Waals surface area contributed by atoms with Crippen LogP contribution in [0.1, 0.15) is 21.5 Å². The van der Waals surface area contributed by atoms with Crippen molar-refractivity contribution in [1.29, 1.82) is 0 Å². The van der Waals surface area contributed by atoms with E-state index in [1.165, 1.54) is 6.07 Å². The van der Waals surface area contributed by atoms with Crippen molar-refractivity contribution in [2.45, 2.75) is 13.8 Å². The van der Waals surface area contributed by atoms with Crippen LogP contribution in [0.5, 0.6) is 5.75 Å². The monoisotopic (exact) mass is 241 g/mol. The van der Waals surface area contributed by atoms with Gasteiger partial charge < -0.3 is 10.8 Å². The first-order valence-electron chi connectivity index (χ1n) is 5.69. The molecule has 0 aliphatic heterocycles. The van der Waals surface area contributed by atoms with Crippen LogP contribution in [0.4, 0.5) is 0 Å². The first kappa shape index (κ1) is 12.2. The summed E-state index contributed by atoms with van der Waals surface area (Å²) in [6.45, 7) is 3.99. The van der Waals surface area contributed by atoms with Crippen LogP contribution in [-0.4, -0.2) is 11.0 Å². The Labute approximate surface area is 106 Å². The van der Waals surface area contributed by atoms with Gasteiger partial charge in [-0.15, -0.1) is 0 Å². The molecule has 2 aromatic carbocycles. The lowest BCUT2D eigenvalue weighted by Crippen LogP contribution is -2.10. The van der Waals surface area contributed by atoms with Crippen LogP contribution in [0.2, 0.25) is 0 Å². The molecule has 2 rings (SSSR count). The van der Waals surface area contributed by atoms with Crippen molar-refractivity contribution in [2.24, 2.45) is 5.73 Å². The number of aromatic hydroxyl groups is 1. The largest absolute Gasteiger partial charge is 0.508 e. The third kappa shape index (κ3) is 2.35. The fourth-order valence-corrected chi connectivity index (χ4v) is 1.96. The molecular weight excluding hydrogens is 226 g/mol. The summed E-state index contributed by atoms with van der Waals surface area (Å²) in [5.74, 6) is -0.500. The van der Waals surface area contributed by atoms with E-state index < -0.39 is 5.91 Å². The summed E-state index contributed by atoms with van der Waals surface area (Å²) in [7, 11) is 0. The highest BCUT2D eigenvalue weighted by Crippen LogP contribution is 2.28. The third-order valence-electron chi connectivity index (χ3n) is 2.91. The Kier molecular flexibility index (Phi) is 3.06. The van der Waals surface area contributed by atoms with E-state index in [1.807, 2.05) is 32.0 Å². The van der Waals surface area contributed by atoms with E-state index in [9.17, 15) is 9.90 Å². The molecule has 0 fully saturated rings. The number of carbonyl (C=O) groups excluding carboxylic acids is 1. The van der Waals surface area contributed by atoms with Crippen molar-refractivity contribution in [3.8, 4) is 16.9 Å². The number of phenols is 1. The maximum Gasteiger partial charge on any atom is 0.248 e. The minimum Gasteiger partial charge on any atom is -0.508 e. The highest BCUT2D eigenvalue weighted by Gasteiger charge is 2.08. The van der Waals surface area contributed by atoms with Gasteiger partial charge in [-0.2, -0.15) is 0 Å². The summed E-state index contributed by atoms with van der Waals surface area (Å²) in [5, 5.41) is 9.66. The Hall–Kier alpha value is -2.29. The Morgan fingerprint density at radius 2 is 1.83 bits per heavy atom. The maximum atomic E-state index is 11.2. The summed E-state index contributed by atoms with van der Waals surface area (Å²) in [5.41, 5.74) is 9.56. The van der Waals surface area contributed by atoms with Crippen LogP contribution in [0.3, 0.4) is 0 Å². The summed E-state index contributed by atoms with van der Waals surface area (Å²) >= 11 is 0. The van der Waals surface area contributed by atoms with E-state index >= 15 is 0 Å². The van der Waals surface area contributed by atoms with Crippen molar-refractivity contribution >= 4 is 5.91 Å². The Balaban J connectivity index is 2.63. The van der Waals surface area contributed by atoms with Gasteiger partial charge in [-0.3, -0.25) is 4.79 Å². The molecule has 0 aliphatic carbocycles. The average Bonchev–Trinajstić information content (AvgIpc) is 2.31. The Bertz CT molecular complexity index is 618. The van der Waals surface area contributed by atoms with E-state index in [0.717, 1.165) is 22.3 Å². The smallest absolute Gasteiger partial charge is 0.248 e. The lowest BCUT2D eigenvalue weighted by molar-refractivity contribution is 0.1000. The number of carbonyl (C=O) groups is 1. The van der Waals surface area contributed by atoms with Crippen LogP contribution in [0, 0.1) is 13.8 Å². The molecule has 0 unspecified atom stereocenters. The maximum absolute atomic E-state index is 11.2. The zero-order chi connectivity index (χ0) is 13.3. The second kappa shape index (κ2) is 4.53. The Morgan fingerprint density at radius 3 is 2.50 bits per heavy atom. The molecule has 1 amide bonds. The van der Waals surface area contributed by atoms with Gasteiger partial charge in [0, 0.05) is 5.56 Å². The lowest BCUT2D eigenvalue weighted by Gasteiger charge is -2.09. The molecular formula is C15H15NO2. The van der Waals surface area contributed by atoms with E-state index in [2.05, 4.69) is 0 Å². The molecule has 3 heteroatoms. The van der Waals surface area contributed by atoms with Crippen molar-refractivity contribution in [2.75, 3.05) is 0 Å². The predicted octanol–water partition coefficient (Wildman–Crippen LogP) is 2.77. The zero-order valence-corrected chi connectivity index (χ0v) is 10.4. The molecule has 3 nitrogen and oxygen atoms in total. The third-order valence-corrected chi connectivity index (χ3v) is 2.91. The standard InChI is InChI=1S/C15H15NO2/c1-9-3-4-10(2)14(5-9)11-6-12(15(16)18)8-13(17)7-11/h3-8,17H,1-2H3,(H2,16,18). The molecule has 0 heterocycles. The normalized spacial score (nSPS) is 10.3. The molecule has 0 aliphatic rings. The molecule has 0 saturated carbocycles. The van der Waals surface area contributed by atoms with Gasteiger partial charge in [0.1, 0.15) is 5.75 Å². The number of primary amides is 1.